The molecule has 33 heavy (non-hydrogen) atoms. The summed E-state index contributed by atoms with van der Waals surface area (Å²) in [4.78, 5) is 22.1. The first kappa shape index (κ1) is 22.3. The van der Waals surface area contributed by atoms with E-state index in [0.717, 1.165) is 5.56 Å². The first-order valence-corrected chi connectivity index (χ1v) is 10.4. The van der Waals surface area contributed by atoms with Gasteiger partial charge in [0.2, 0.25) is 5.95 Å². The van der Waals surface area contributed by atoms with Crippen molar-refractivity contribution in [3.8, 4) is 22.4 Å². The number of hydrogen-bond donors (Lipinski definition) is 2. The van der Waals surface area contributed by atoms with Gasteiger partial charge in [0.05, 0.1) is 11.3 Å². The Morgan fingerprint density at radius 1 is 0.939 bits per heavy atom. The van der Waals surface area contributed by atoms with Crippen LogP contribution in [0.4, 0.5) is 14.7 Å². The van der Waals surface area contributed by atoms with Gasteiger partial charge in [0.15, 0.2) is 0 Å². The molecule has 0 amide bonds. The van der Waals surface area contributed by atoms with Crippen molar-refractivity contribution in [1.82, 2.24) is 14.5 Å². The Kier molecular flexibility index (Phi) is 6.55. The van der Waals surface area contributed by atoms with Gasteiger partial charge in [-0.05, 0) is 53.9 Å². The summed E-state index contributed by atoms with van der Waals surface area (Å²) in [6.45, 7) is 0.351. The maximum atomic E-state index is 13.5. The van der Waals surface area contributed by atoms with Gasteiger partial charge in [0.1, 0.15) is 11.6 Å². The van der Waals surface area contributed by atoms with E-state index in [2.05, 4.69) is 10.3 Å². The number of nitrogens with zero attached hydrogens (tertiary/aromatic N) is 3. The Hall–Kier alpha value is -3.91. The quantitative estimate of drug-likeness (QED) is 0.451. The SMILES string of the molecule is Cn1c(NC[C@@H](N)Cc2ccc(F)cc2)nc(-c2ccncc2)c(-c2ccc(F)cc2)c1=O. The zero-order valence-electron chi connectivity index (χ0n) is 18.0. The maximum absolute atomic E-state index is 13.5. The van der Waals surface area contributed by atoms with Crippen molar-refractivity contribution < 1.29 is 8.78 Å². The molecule has 3 N–H and O–H groups in total. The molecule has 4 aromatic rings. The molecule has 4 rings (SSSR count). The van der Waals surface area contributed by atoms with E-state index in [9.17, 15) is 13.6 Å². The molecule has 8 heteroatoms. The fourth-order valence-electron chi connectivity index (χ4n) is 3.57. The summed E-state index contributed by atoms with van der Waals surface area (Å²) in [5.74, 6) is -0.329. The molecule has 2 heterocycles. The Morgan fingerprint density at radius 2 is 1.55 bits per heavy atom. The predicted octanol–water partition coefficient (Wildman–Crippen LogP) is 3.77. The molecule has 0 saturated carbocycles. The summed E-state index contributed by atoms with van der Waals surface area (Å²) >= 11 is 0. The zero-order chi connectivity index (χ0) is 23.4. The normalized spacial score (nSPS) is 11.9. The number of halogens is 2. The number of benzene rings is 2. The molecule has 168 valence electrons. The molecule has 0 radical (unpaired) electrons. The monoisotopic (exact) mass is 447 g/mol. The van der Waals surface area contributed by atoms with Gasteiger partial charge in [-0.1, -0.05) is 24.3 Å². The van der Waals surface area contributed by atoms with E-state index in [1.165, 1.54) is 28.8 Å². The van der Waals surface area contributed by atoms with Gasteiger partial charge in [-0.2, -0.15) is 0 Å². The minimum absolute atomic E-state index is 0.280. The highest BCUT2D eigenvalue weighted by Crippen LogP contribution is 2.28. The molecule has 0 aliphatic heterocycles. The molecule has 0 fully saturated rings. The van der Waals surface area contributed by atoms with Crippen molar-refractivity contribution in [3.05, 3.63) is 101 Å². The molecule has 0 bridgehead atoms. The molecule has 0 aliphatic rings. The van der Waals surface area contributed by atoms with Crippen LogP contribution in [0.25, 0.3) is 22.4 Å². The predicted molar refractivity (Wildman–Crippen MR) is 125 cm³/mol. The fourth-order valence-corrected chi connectivity index (χ4v) is 3.57. The number of rotatable bonds is 7. The number of nitrogens with one attached hydrogen (secondary N) is 1. The summed E-state index contributed by atoms with van der Waals surface area (Å²) in [5.41, 5.74) is 8.98. The maximum Gasteiger partial charge on any atom is 0.263 e. The van der Waals surface area contributed by atoms with Crippen LogP contribution < -0.4 is 16.6 Å². The molecule has 0 saturated heterocycles. The summed E-state index contributed by atoms with van der Waals surface area (Å²) in [6.07, 6.45) is 3.77. The van der Waals surface area contributed by atoms with Crippen LogP contribution in [0.5, 0.6) is 0 Å². The molecule has 6 nitrogen and oxygen atoms in total. The molecule has 0 spiro atoms. The van der Waals surface area contributed by atoms with Crippen LogP contribution in [0, 0.1) is 11.6 Å². The second-order valence-corrected chi connectivity index (χ2v) is 7.74. The number of pyridine rings is 1. The molecular weight excluding hydrogens is 424 g/mol. The highest BCUT2D eigenvalue weighted by Gasteiger charge is 2.18. The second-order valence-electron chi connectivity index (χ2n) is 7.74. The van der Waals surface area contributed by atoms with Gasteiger partial charge in [-0.15, -0.1) is 0 Å². The first-order chi connectivity index (χ1) is 15.9. The van der Waals surface area contributed by atoms with Crippen LogP contribution >= 0.6 is 0 Å². The van der Waals surface area contributed by atoms with Crippen LogP contribution in [0.3, 0.4) is 0 Å². The Morgan fingerprint density at radius 3 is 2.18 bits per heavy atom. The van der Waals surface area contributed by atoms with E-state index >= 15 is 0 Å². The average Bonchev–Trinajstić information content (AvgIpc) is 2.83. The van der Waals surface area contributed by atoms with Crippen LogP contribution in [-0.4, -0.2) is 27.1 Å². The van der Waals surface area contributed by atoms with E-state index in [4.69, 9.17) is 10.7 Å². The van der Waals surface area contributed by atoms with Crippen LogP contribution in [-0.2, 0) is 13.5 Å². The summed E-state index contributed by atoms with van der Waals surface area (Å²) < 4.78 is 28.0. The molecular formula is C25H23F2N5O. The fraction of sp³-hybridized carbons (Fsp3) is 0.160. The van der Waals surface area contributed by atoms with E-state index in [1.54, 1.807) is 55.8 Å². The van der Waals surface area contributed by atoms with Gasteiger partial charge in [0.25, 0.3) is 5.56 Å². The van der Waals surface area contributed by atoms with E-state index < -0.39 is 0 Å². The third-order valence-electron chi connectivity index (χ3n) is 5.31. The van der Waals surface area contributed by atoms with E-state index in [1.807, 2.05) is 0 Å². The number of nitrogens with two attached hydrogens (primary N) is 1. The number of anilines is 1. The van der Waals surface area contributed by atoms with Crippen molar-refractivity contribution in [3.63, 3.8) is 0 Å². The molecule has 0 unspecified atom stereocenters. The van der Waals surface area contributed by atoms with Crippen LogP contribution in [0.2, 0.25) is 0 Å². The molecule has 2 aromatic heterocycles. The number of hydrogen-bond acceptors (Lipinski definition) is 5. The van der Waals surface area contributed by atoms with Crippen LogP contribution in [0.1, 0.15) is 5.56 Å². The molecule has 2 aromatic carbocycles. The summed E-state index contributed by atoms with van der Waals surface area (Å²) in [6, 6.07) is 15.2. The lowest BCUT2D eigenvalue weighted by atomic mass is 10.0. The Balaban J connectivity index is 1.66. The van der Waals surface area contributed by atoms with E-state index in [0.29, 0.717) is 41.3 Å². The van der Waals surface area contributed by atoms with Gasteiger partial charge < -0.3 is 11.1 Å². The third kappa shape index (κ3) is 5.12. The lowest BCUT2D eigenvalue weighted by molar-refractivity contribution is 0.625. The standard InChI is InChI=1S/C25H23F2N5O/c1-32-24(33)22(17-4-8-20(27)9-5-17)23(18-10-12-29-13-11-18)31-25(32)30-15-21(28)14-16-2-6-19(26)7-3-16/h2-13,21H,14-15,28H2,1H3,(H,30,31)/t21-/m0/s1. The van der Waals surface area contributed by atoms with Crippen molar-refractivity contribution in [2.45, 2.75) is 12.5 Å². The van der Waals surface area contributed by atoms with Gasteiger partial charge >= 0.3 is 0 Å². The number of aromatic nitrogens is 3. The topological polar surface area (TPSA) is 85.8 Å². The smallest absolute Gasteiger partial charge is 0.263 e. The van der Waals surface area contributed by atoms with Crippen molar-refractivity contribution >= 4 is 5.95 Å². The van der Waals surface area contributed by atoms with Crippen molar-refractivity contribution in [2.75, 3.05) is 11.9 Å². The largest absolute Gasteiger partial charge is 0.354 e. The van der Waals surface area contributed by atoms with Crippen LogP contribution in [0.15, 0.2) is 77.9 Å². The van der Waals surface area contributed by atoms with E-state index in [-0.39, 0.29) is 23.2 Å². The van der Waals surface area contributed by atoms with Crippen molar-refractivity contribution in [2.24, 2.45) is 12.8 Å². The zero-order valence-corrected chi connectivity index (χ0v) is 18.0. The third-order valence-corrected chi connectivity index (χ3v) is 5.31. The summed E-state index contributed by atoms with van der Waals surface area (Å²) in [7, 11) is 1.62. The average molecular weight is 447 g/mol. The van der Waals surface area contributed by atoms with Crippen molar-refractivity contribution in [1.29, 1.82) is 0 Å². The highest BCUT2D eigenvalue weighted by atomic mass is 19.1. The van der Waals surface area contributed by atoms with Gasteiger partial charge in [-0.25, -0.2) is 13.8 Å². The molecule has 1 atom stereocenters. The minimum Gasteiger partial charge on any atom is -0.354 e. The minimum atomic E-state index is -0.387. The highest BCUT2D eigenvalue weighted by molar-refractivity contribution is 5.80. The lowest BCUT2D eigenvalue weighted by Gasteiger charge is -2.18. The first-order valence-electron chi connectivity index (χ1n) is 10.4. The molecule has 0 aliphatic carbocycles. The van der Waals surface area contributed by atoms with Gasteiger partial charge in [-0.3, -0.25) is 14.3 Å². The Labute approximate surface area is 189 Å². The van der Waals surface area contributed by atoms with Gasteiger partial charge in [0, 0.05) is 37.6 Å². The second kappa shape index (κ2) is 9.70. The Bertz CT molecular complexity index is 1290. The summed E-state index contributed by atoms with van der Waals surface area (Å²) in [5, 5.41) is 3.16. The lowest BCUT2D eigenvalue weighted by Crippen LogP contribution is -2.34.